The van der Waals surface area contributed by atoms with Gasteiger partial charge in [0.1, 0.15) is 11.6 Å². The molecule has 1 aromatic heterocycles. The number of ether oxygens (including phenoxy) is 1. The van der Waals surface area contributed by atoms with Crippen LogP contribution < -0.4 is 10.2 Å². The minimum Gasteiger partial charge on any atom is -0.491 e. The van der Waals surface area contributed by atoms with Crippen molar-refractivity contribution in [1.82, 2.24) is 15.4 Å². The summed E-state index contributed by atoms with van der Waals surface area (Å²) in [6.07, 6.45) is 0.128. The molecule has 118 valence electrons. The highest BCUT2D eigenvalue weighted by molar-refractivity contribution is 5.97. The highest BCUT2D eigenvalue weighted by Gasteiger charge is 2.09. The minimum absolute atomic E-state index is 0.128. The fraction of sp³-hybridized carbons (Fsp3) is 0.176. The molecule has 3 aromatic rings. The van der Waals surface area contributed by atoms with Gasteiger partial charge in [-0.25, -0.2) is 10.5 Å². The van der Waals surface area contributed by atoms with Crippen molar-refractivity contribution in [2.75, 3.05) is 0 Å². The van der Waals surface area contributed by atoms with Crippen molar-refractivity contribution in [1.29, 1.82) is 0 Å². The zero-order chi connectivity index (χ0) is 16.4. The predicted molar refractivity (Wildman–Crippen MR) is 86.5 cm³/mol. The largest absolute Gasteiger partial charge is 0.491 e. The maximum absolute atomic E-state index is 11.5. The van der Waals surface area contributed by atoms with Crippen LogP contribution in [0.3, 0.4) is 0 Å². The van der Waals surface area contributed by atoms with Gasteiger partial charge < -0.3 is 9.72 Å². The number of carbonyl (C=O) groups excluding carboxylic acids is 1. The number of carbonyl (C=O) groups is 1. The van der Waals surface area contributed by atoms with E-state index in [1.54, 1.807) is 23.7 Å². The van der Waals surface area contributed by atoms with Crippen molar-refractivity contribution in [3.63, 3.8) is 0 Å². The lowest BCUT2D eigenvalue weighted by Crippen LogP contribution is -2.18. The summed E-state index contributed by atoms with van der Waals surface area (Å²) >= 11 is 0. The fourth-order valence-corrected chi connectivity index (χ4v) is 2.32. The number of hydrogen-bond acceptors (Lipinski definition) is 4. The Morgan fingerprint density at radius 2 is 1.96 bits per heavy atom. The summed E-state index contributed by atoms with van der Waals surface area (Å²) in [7, 11) is 0. The maximum Gasteiger partial charge on any atom is 0.274 e. The van der Waals surface area contributed by atoms with E-state index in [-0.39, 0.29) is 6.10 Å². The van der Waals surface area contributed by atoms with Crippen molar-refractivity contribution in [2.45, 2.75) is 20.0 Å². The van der Waals surface area contributed by atoms with Gasteiger partial charge in [-0.15, -0.1) is 0 Å². The smallest absolute Gasteiger partial charge is 0.274 e. The molecule has 2 aromatic carbocycles. The second kappa shape index (κ2) is 6.10. The molecule has 6 heteroatoms. The van der Waals surface area contributed by atoms with E-state index in [0.29, 0.717) is 11.4 Å². The van der Waals surface area contributed by atoms with Gasteiger partial charge >= 0.3 is 0 Å². The average Bonchev–Trinajstić information content (AvgIpc) is 2.97. The van der Waals surface area contributed by atoms with E-state index in [9.17, 15) is 4.79 Å². The molecule has 3 rings (SSSR count). The zero-order valence-electron chi connectivity index (χ0n) is 12.8. The summed E-state index contributed by atoms with van der Waals surface area (Å²) in [6, 6.07) is 12.6. The number of aromatic amines is 1. The Balaban J connectivity index is 1.92. The molecule has 0 aliphatic heterocycles. The van der Waals surface area contributed by atoms with Gasteiger partial charge in [-0.1, -0.05) is 0 Å². The second-order valence-corrected chi connectivity index (χ2v) is 5.45. The first-order valence-corrected chi connectivity index (χ1v) is 7.28. The summed E-state index contributed by atoms with van der Waals surface area (Å²) in [6.45, 7) is 3.96. The third kappa shape index (κ3) is 3.17. The third-order valence-corrected chi connectivity index (χ3v) is 3.35. The predicted octanol–water partition coefficient (Wildman–Crippen LogP) is 3.14. The minimum atomic E-state index is -0.557. The van der Waals surface area contributed by atoms with Crippen molar-refractivity contribution in [2.24, 2.45) is 0 Å². The summed E-state index contributed by atoms with van der Waals surface area (Å²) in [4.78, 5) is 19.1. The maximum atomic E-state index is 11.5. The van der Waals surface area contributed by atoms with Gasteiger partial charge in [-0.2, -0.15) is 0 Å². The quantitative estimate of drug-likeness (QED) is 0.510. The topological polar surface area (TPSA) is 87.2 Å². The van der Waals surface area contributed by atoms with Crippen LogP contribution in [0.2, 0.25) is 0 Å². The third-order valence-electron chi connectivity index (χ3n) is 3.35. The lowest BCUT2D eigenvalue weighted by molar-refractivity contribution is 0.0706. The van der Waals surface area contributed by atoms with Crippen molar-refractivity contribution < 1.29 is 14.7 Å². The fourth-order valence-electron chi connectivity index (χ4n) is 2.32. The van der Waals surface area contributed by atoms with Gasteiger partial charge in [-0.3, -0.25) is 10.0 Å². The first-order chi connectivity index (χ1) is 11.1. The second-order valence-electron chi connectivity index (χ2n) is 5.45. The van der Waals surface area contributed by atoms with Crippen LogP contribution in [0.1, 0.15) is 24.2 Å². The van der Waals surface area contributed by atoms with E-state index in [4.69, 9.17) is 9.94 Å². The number of amides is 1. The molecule has 1 amide bonds. The van der Waals surface area contributed by atoms with Gasteiger partial charge in [0.15, 0.2) is 0 Å². The first kappa shape index (κ1) is 15.1. The normalized spacial score (nSPS) is 11.0. The van der Waals surface area contributed by atoms with E-state index in [2.05, 4.69) is 9.97 Å². The van der Waals surface area contributed by atoms with Gasteiger partial charge in [0.2, 0.25) is 0 Å². The summed E-state index contributed by atoms with van der Waals surface area (Å²) < 4.78 is 5.62. The molecular weight excluding hydrogens is 294 g/mol. The van der Waals surface area contributed by atoms with Gasteiger partial charge in [0, 0.05) is 11.1 Å². The number of aromatic nitrogens is 2. The highest BCUT2D eigenvalue weighted by atomic mass is 16.5. The van der Waals surface area contributed by atoms with Crippen LogP contribution in [0.4, 0.5) is 0 Å². The molecule has 0 aliphatic rings. The summed E-state index contributed by atoms with van der Waals surface area (Å²) in [5, 5.41) is 8.69. The van der Waals surface area contributed by atoms with E-state index in [1.165, 1.54) is 0 Å². The molecular formula is C17H17N3O3. The molecule has 0 saturated heterocycles. The molecule has 0 radical (unpaired) electrons. The Kier molecular flexibility index (Phi) is 3.99. The van der Waals surface area contributed by atoms with Crippen LogP contribution in [0, 0.1) is 0 Å². The molecule has 0 atom stereocenters. The van der Waals surface area contributed by atoms with Crippen LogP contribution in [-0.2, 0) is 0 Å². The van der Waals surface area contributed by atoms with Crippen molar-refractivity contribution in [3.05, 3.63) is 48.0 Å². The van der Waals surface area contributed by atoms with E-state index < -0.39 is 5.91 Å². The number of fused-ring (bicyclic) bond motifs is 1. The number of hydrogen-bond donors (Lipinski definition) is 3. The Morgan fingerprint density at radius 3 is 2.61 bits per heavy atom. The lowest BCUT2D eigenvalue weighted by Gasteiger charge is -2.09. The lowest BCUT2D eigenvalue weighted by atomic mass is 10.2. The summed E-state index contributed by atoms with van der Waals surface area (Å²) in [5.41, 5.74) is 4.37. The average molecular weight is 311 g/mol. The molecule has 0 aliphatic carbocycles. The van der Waals surface area contributed by atoms with E-state index in [1.807, 2.05) is 38.1 Å². The SMILES string of the molecule is CC(C)Oc1ccc(-c2nc3ccc(C(=O)NO)cc3[nH]2)cc1. The van der Waals surface area contributed by atoms with Gasteiger partial charge in [0.05, 0.1) is 17.1 Å². The Hall–Kier alpha value is -2.86. The van der Waals surface area contributed by atoms with Crippen LogP contribution in [0.5, 0.6) is 5.75 Å². The molecule has 6 nitrogen and oxygen atoms in total. The van der Waals surface area contributed by atoms with Crippen LogP contribution >= 0.6 is 0 Å². The van der Waals surface area contributed by atoms with Gasteiger partial charge in [-0.05, 0) is 56.3 Å². The number of nitrogens with one attached hydrogen (secondary N) is 2. The van der Waals surface area contributed by atoms with Crippen LogP contribution in [0.15, 0.2) is 42.5 Å². The molecule has 1 heterocycles. The standard InChI is InChI=1S/C17H17N3O3/c1-10(2)23-13-6-3-11(4-7-13)16-18-14-8-5-12(17(21)20-22)9-15(14)19-16/h3-10,22H,1-2H3,(H,18,19)(H,20,21). The highest BCUT2D eigenvalue weighted by Crippen LogP contribution is 2.24. The monoisotopic (exact) mass is 311 g/mol. The van der Waals surface area contributed by atoms with E-state index in [0.717, 1.165) is 22.3 Å². The molecule has 0 fully saturated rings. The molecule has 3 N–H and O–H groups in total. The molecule has 0 bridgehead atoms. The number of hydroxylamine groups is 1. The van der Waals surface area contributed by atoms with Crippen LogP contribution in [-0.4, -0.2) is 27.2 Å². The number of H-pyrrole nitrogens is 1. The van der Waals surface area contributed by atoms with Crippen LogP contribution in [0.25, 0.3) is 22.4 Å². The Bertz CT molecular complexity index is 838. The molecule has 0 spiro atoms. The Labute approximate surface area is 133 Å². The summed E-state index contributed by atoms with van der Waals surface area (Å²) in [5.74, 6) is 0.956. The van der Waals surface area contributed by atoms with Crippen molar-refractivity contribution >= 4 is 16.9 Å². The first-order valence-electron chi connectivity index (χ1n) is 7.28. The van der Waals surface area contributed by atoms with E-state index >= 15 is 0 Å². The molecule has 23 heavy (non-hydrogen) atoms. The number of rotatable bonds is 4. The molecule has 0 saturated carbocycles. The number of nitrogens with zero attached hydrogens (tertiary/aromatic N) is 1. The Morgan fingerprint density at radius 1 is 1.22 bits per heavy atom. The van der Waals surface area contributed by atoms with Gasteiger partial charge in [0.25, 0.3) is 5.91 Å². The molecule has 0 unspecified atom stereocenters. The number of imidazole rings is 1. The number of benzene rings is 2. The van der Waals surface area contributed by atoms with Crippen molar-refractivity contribution in [3.8, 4) is 17.1 Å². The zero-order valence-corrected chi connectivity index (χ0v) is 12.8.